The highest BCUT2D eigenvalue weighted by Gasteiger charge is 2.10. The summed E-state index contributed by atoms with van der Waals surface area (Å²) in [4.78, 5) is 0. The Morgan fingerprint density at radius 3 is 2.53 bits per heavy atom. The van der Waals surface area contributed by atoms with Gasteiger partial charge in [-0.15, -0.1) is 0 Å². The Morgan fingerprint density at radius 1 is 0.941 bits per heavy atom. The van der Waals surface area contributed by atoms with Gasteiger partial charge in [0.15, 0.2) is 0 Å². The zero-order chi connectivity index (χ0) is 11.8. The van der Waals surface area contributed by atoms with Crippen LogP contribution in [0.25, 0.3) is 21.5 Å². The van der Waals surface area contributed by atoms with Gasteiger partial charge < -0.3 is 9.84 Å². The summed E-state index contributed by atoms with van der Waals surface area (Å²) >= 11 is 0. The number of rotatable bonds is 1. The number of methoxy groups -OCH3 is 1. The number of aromatic hydroxyl groups is 1. The van der Waals surface area contributed by atoms with Crippen molar-refractivity contribution in [3.05, 3.63) is 48.5 Å². The molecule has 0 saturated carbocycles. The maximum atomic E-state index is 9.96. The first-order chi connectivity index (χ1) is 8.31. The van der Waals surface area contributed by atoms with Gasteiger partial charge in [0.25, 0.3) is 0 Å². The van der Waals surface area contributed by atoms with E-state index in [1.807, 2.05) is 36.4 Å². The Morgan fingerprint density at radius 2 is 1.71 bits per heavy atom. The molecule has 3 aromatic rings. The van der Waals surface area contributed by atoms with Crippen LogP contribution in [0.15, 0.2) is 48.5 Å². The van der Waals surface area contributed by atoms with E-state index in [1.165, 1.54) is 0 Å². The first kappa shape index (κ1) is 9.97. The van der Waals surface area contributed by atoms with Crippen molar-refractivity contribution in [3.63, 3.8) is 0 Å². The largest absolute Gasteiger partial charge is 0.507 e. The lowest BCUT2D eigenvalue weighted by Gasteiger charge is -2.11. The maximum Gasteiger partial charge on any atom is 0.138 e. The van der Waals surface area contributed by atoms with E-state index in [1.54, 1.807) is 13.2 Å². The topological polar surface area (TPSA) is 29.5 Å². The summed E-state index contributed by atoms with van der Waals surface area (Å²) < 4.78 is 5.46. The van der Waals surface area contributed by atoms with Gasteiger partial charge in [-0.2, -0.15) is 0 Å². The minimum absolute atomic E-state index is 0.255. The molecule has 0 amide bonds. The van der Waals surface area contributed by atoms with Crippen molar-refractivity contribution in [2.45, 2.75) is 0 Å². The van der Waals surface area contributed by atoms with Crippen molar-refractivity contribution in [3.8, 4) is 11.5 Å². The predicted molar refractivity (Wildman–Crippen MR) is 69.7 cm³/mol. The summed E-state index contributed by atoms with van der Waals surface area (Å²) in [6.07, 6.45) is 0. The quantitative estimate of drug-likeness (QED) is 0.638. The highest BCUT2D eigenvalue weighted by Crippen LogP contribution is 2.39. The van der Waals surface area contributed by atoms with Crippen LogP contribution in [0.1, 0.15) is 0 Å². The molecule has 2 nitrogen and oxygen atoms in total. The van der Waals surface area contributed by atoms with Gasteiger partial charge in [-0.3, -0.25) is 0 Å². The van der Waals surface area contributed by atoms with E-state index >= 15 is 0 Å². The Kier molecular flexibility index (Phi) is 2.15. The number of phenolic OH excluding ortho intramolecular Hbond substituents is 1. The van der Waals surface area contributed by atoms with Crippen molar-refractivity contribution in [2.24, 2.45) is 0 Å². The molecule has 0 saturated heterocycles. The normalized spacial score (nSPS) is 10.9. The van der Waals surface area contributed by atoms with E-state index in [0.717, 1.165) is 27.3 Å². The van der Waals surface area contributed by atoms with Crippen LogP contribution >= 0.6 is 0 Å². The lowest BCUT2D eigenvalue weighted by molar-refractivity contribution is 0.420. The molecule has 17 heavy (non-hydrogen) atoms. The van der Waals surface area contributed by atoms with Crippen molar-refractivity contribution < 1.29 is 9.84 Å². The van der Waals surface area contributed by atoms with Crippen LogP contribution in [0.3, 0.4) is 0 Å². The Labute approximate surface area is 99.1 Å². The zero-order valence-electron chi connectivity index (χ0n) is 9.47. The van der Waals surface area contributed by atoms with Crippen molar-refractivity contribution in [2.75, 3.05) is 7.11 Å². The van der Waals surface area contributed by atoms with Crippen molar-refractivity contribution in [1.82, 2.24) is 0 Å². The number of benzene rings is 3. The Balaban J connectivity index is 2.59. The number of hydrogen-bond donors (Lipinski definition) is 1. The number of fused-ring (bicyclic) bond motifs is 2. The van der Waals surface area contributed by atoms with Gasteiger partial charge in [-0.1, -0.05) is 36.4 Å². The van der Waals surface area contributed by atoms with Crippen LogP contribution in [0.5, 0.6) is 11.5 Å². The fourth-order valence-electron chi connectivity index (χ4n) is 2.27. The molecule has 2 heteroatoms. The number of hydrogen-bond acceptors (Lipinski definition) is 2. The lowest BCUT2D eigenvalue weighted by atomic mass is 10.0. The first-order valence-electron chi connectivity index (χ1n) is 5.48. The summed E-state index contributed by atoms with van der Waals surface area (Å²) in [5.74, 6) is 0.987. The first-order valence-corrected chi connectivity index (χ1v) is 5.48. The summed E-state index contributed by atoms with van der Waals surface area (Å²) in [6.45, 7) is 0. The average molecular weight is 224 g/mol. The molecule has 0 spiro atoms. The minimum Gasteiger partial charge on any atom is -0.507 e. The summed E-state index contributed by atoms with van der Waals surface area (Å²) in [5, 5.41) is 13.9. The summed E-state index contributed by atoms with van der Waals surface area (Å²) in [6, 6.07) is 15.6. The zero-order valence-corrected chi connectivity index (χ0v) is 9.47. The van der Waals surface area contributed by atoms with E-state index in [-0.39, 0.29) is 5.75 Å². The maximum absolute atomic E-state index is 9.96. The molecule has 0 aliphatic carbocycles. The van der Waals surface area contributed by atoms with Crippen LogP contribution in [-0.4, -0.2) is 12.2 Å². The predicted octanol–water partition coefficient (Wildman–Crippen LogP) is 3.71. The van der Waals surface area contributed by atoms with Gasteiger partial charge in [0, 0.05) is 5.39 Å². The molecule has 1 N–H and O–H groups in total. The minimum atomic E-state index is 0.255. The van der Waals surface area contributed by atoms with E-state index in [9.17, 15) is 5.11 Å². The standard InChI is InChI=1S/C15H12O2/c1-17-15-12-7-3-2-5-10(12)9-11-6-4-8-13(16)14(11)15/h2-9,16H,1H3. The fraction of sp³-hybridized carbons (Fsp3) is 0.0667. The highest BCUT2D eigenvalue weighted by molar-refractivity contribution is 6.07. The van der Waals surface area contributed by atoms with E-state index in [0.29, 0.717) is 0 Å². The fourth-order valence-corrected chi connectivity index (χ4v) is 2.27. The average Bonchev–Trinajstić information content (AvgIpc) is 2.36. The number of phenols is 1. The molecule has 3 rings (SSSR count). The Hall–Kier alpha value is -2.22. The molecule has 0 heterocycles. The molecule has 0 aliphatic rings. The molecule has 3 aromatic carbocycles. The van der Waals surface area contributed by atoms with Gasteiger partial charge in [0.05, 0.1) is 12.5 Å². The SMILES string of the molecule is COc1c2ccccc2cc2cccc(O)c12. The van der Waals surface area contributed by atoms with Crippen LogP contribution in [0.2, 0.25) is 0 Å². The van der Waals surface area contributed by atoms with Crippen LogP contribution in [-0.2, 0) is 0 Å². The third-order valence-corrected chi connectivity index (χ3v) is 3.02. The van der Waals surface area contributed by atoms with Gasteiger partial charge in [-0.05, 0) is 22.9 Å². The molecule has 0 unspecified atom stereocenters. The third-order valence-electron chi connectivity index (χ3n) is 3.02. The van der Waals surface area contributed by atoms with E-state index < -0.39 is 0 Å². The Bertz CT molecular complexity index is 702. The second-order valence-electron chi connectivity index (χ2n) is 4.01. The summed E-state index contributed by atoms with van der Waals surface area (Å²) in [7, 11) is 1.63. The molecule has 0 aliphatic heterocycles. The number of ether oxygens (including phenoxy) is 1. The van der Waals surface area contributed by atoms with Gasteiger partial charge in [0.1, 0.15) is 11.5 Å². The van der Waals surface area contributed by atoms with Crippen molar-refractivity contribution >= 4 is 21.5 Å². The van der Waals surface area contributed by atoms with Crippen molar-refractivity contribution in [1.29, 1.82) is 0 Å². The molecule has 0 bridgehead atoms. The van der Waals surface area contributed by atoms with Crippen LogP contribution in [0.4, 0.5) is 0 Å². The molecule has 0 fully saturated rings. The van der Waals surface area contributed by atoms with Gasteiger partial charge in [-0.25, -0.2) is 0 Å². The van der Waals surface area contributed by atoms with Crippen LogP contribution in [0, 0.1) is 0 Å². The third kappa shape index (κ3) is 1.41. The van der Waals surface area contributed by atoms with E-state index in [4.69, 9.17) is 4.74 Å². The molecule has 0 aromatic heterocycles. The molecule has 0 atom stereocenters. The molecular weight excluding hydrogens is 212 g/mol. The smallest absolute Gasteiger partial charge is 0.138 e. The van der Waals surface area contributed by atoms with Gasteiger partial charge >= 0.3 is 0 Å². The second-order valence-corrected chi connectivity index (χ2v) is 4.01. The van der Waals surface area contributed by atoms with E-state index in [2.05, 4.69) is 6.07 Å². The van der Waals surface area contributed by atoms with Gasteiger partial charge in [0.2, 0.25) is 0 Å². The highest BCUT2D eigenvalue weighted by atomic mass is 16.5. The molecule has 0 radical (unpaired) electrons. The molecular formula is C15H12O2. The molecule has 84 valence electrons. The lowest BCUT2D eigenvalue weighted by Crippen LogP contribution is -1.88. The summed E-state index contributed by atoms with van der Waals surface area (Å²) in [5.41, 5.74) is 0. The monoisotopic (exact) mass is 224 g/mol. The van der Waals surface area contributed by atoms with Crippen LogP contribution < -0.4 is 4.74 Å². The second kappa shape index (κ2) is 3.67.